The number of unbranched alkanes of at least 4 members (excludes halogenated alkanes) is 34. The maximum Gasteiger partial charge on any atom is 0.306 e. The van der Waals surface area contributed by atoms with Crippen LogP contribution in [0.15, 0.2) is 12.2 Å². The zero-order valence-corrected chi connectivity index (χ0v) is 39.9. The second kappa shape index (κ2) is 47.6. The van der Waals surface area contributed by atoms with Crippen molar-refractivity contribution in [2.24, 2.45) is 0 Å². The van der Waals surface area contributed by atoms with Crippen LogP contribution in [0.1, 0.15) is 290 Å². The van der Waals surface area contributed by atoms with Crippen molar-refractivity contribution in [2.45, 2.75) is 309 Å². The van der Waals surface area contributed by atoms with Crippen LogP contribution in [-0.2, 0) is 14.3 Å². The Labute approximate surface area is 368 Å². The van der Waals surface area contributed by atoms with Gasteiger partial charge in [-0.15, -0.1) is 0 Å². The normalized spacial score (nSPS) is 13.2. The van der Waals surface area contributed by atoms with Gasteiger partial charge in [-0.3, -0.25) is 9.59 Å². The Morgan fingerprint density at radius 1 is 0.475 bits per heavy atom. The lowest BCUT2D eigenvalue weighted by molar-refractivity contribution is -0.151. The van der Waals surface area contributed by atoms with E-state index >= 15 is 0 Å². The average Bonchev–Trinajstić information content (AvgIpc) is 3.23. The predicted molar refractivity (Wildman–Crippen MR) is 255 cm³/mol. The van der Waals surface area contributed by atoms with E-state index < -0.39 is 18.2 Å². The number of carbonyl (C=O) groups excluding carboxylic acids is 2. The van der Waals surface area contributed by atoms with Crippen LogP contribution in [0.2, 0.25) is 0 Å². The molecule has 3 unspecified atom stereocenters. The first-order valence-corrected chi connectivity index (χ1v) is 26.4. The molecular weight excluding hydrogens is 731 g/mol. The number of allylic oxidation sites excluding steroid dienone is 2. The van der Waals surface area contributed by atoms with E-state index in [0.717, 1.165) is 44.9 Å². The first kappa shape index (κ1) is 57.6. The minimum absolute atomic E-state index is 0.0820. The van der Waals surface area contributed by atoms with Crippen LogP contribution in [0.4, 0.5) is 0 Å². The molecule has 0 aliphatic heterocycles. The van der Waals surface area contributed by atoms with E-state index in [0.29, 0.717) is 19.3 Å². The van der Waals surface area contributed by atoms with Crippen molar-refractivity contribution in [1.82, 2.24) is 5.32 Å². The van der Waals surface area contributed by atoms with E-state index in [-0.39, 0.29) is 24.9 Å². The van der Waals surface area contributed by atoms with Crippen LogP contribution in [0, 0.1) is 0 Å². The first-order valence-electron chi connectivity index (χ1n) is 26.4. The number of esters is 1. The molecule has 0 fully saturated rings. The van der Waals surface area contributed by atoms with Gasteiger partial charge in [0.05, 0.1) is 25.2 Å². The summed E-state index contributed by atoms with van der Waals surface area (Å²) in [6.07, 6.45) is 52.8. The maximum atomic E-state index is 13.2. The highest BCUT2D eigenvalue weighted by molar-refractivity contribution is 5.77. The summed E-state index contributed by atoms with van der Waals surface area (Å²) in [7, 11) is 0. The van der Waals surface area contributed by atoms with E-state index in [1.165, 1.54) is 199 Å². The lowest BCUT2D eigenvalue weighted by atomic mass is 10.0. The fourth-order valence-electron chi connectivity index (χ4n) is 8.31. The molecule has 6 heteroatoms. The van der Waals surface area contributed by atoms with Crippen molar-refractivity contribution < 1.29 is 24.5 Å². The number of aliphatic hydroxyl groups is 2. The number of hydrogen-bond donors (Lipinski definition) is 3. The molecule has 0 aliphatic rings. The molecule has 3 atom stereocenters. The van der Waals surface area contributed by atoms with Gasteiger partial charge in [-0.1, -0.05) is 238 Å². The summed E-state index contributed by atoms with van der Waals surface area (Å²) in [5.41, 5.74) is 0. The van der Waals surface area contributed by atoms with Crippen molar-refractivity contribution in [1.29, 1.82) is 0 Å². The number of rotatable bonds is 48. The quantitative estimate of drug-likeness (QED) is 0.0322. The van der Waals surface area contributed by atoms with Crippen molar-refractivity contribution >= 4 is 11.9 Å². The third-order valence-corrected chi connectivity index (χ3v) is 12.3. The molecule has 0 aromatic carbocycles. The lowest BCUT2D eigenvalue weighted by Crippen LogP contribution is -2.46. The van der Waals surface area contributed by atoms with Crippen LogP contribution in [-0.4, -0.2) is 46.9 Å². The van der Waals surface area contributed by atoms with Crippen LogP contribution in [0.25, 0.3) is 0 Å². The number of hydrogen-bond acceptors (Lipinski definition) is 5. The molecule has 0 bridgehead atoms. The summed E-state index contributed by atoms with van der Waals surface area (Å²) >= 11 is 0. The zero-order chi connectivity index (χ0) is 43.1. The van der Waals surface area contributed by atoms with Gasteiger partial charge < -0.3 is 20.3 Å². The summed E-state index contributed by atoms with van der Waals surface area (Å²) in [6.45, 7) is 6.48. The molecule has 6 nitrogen and oxygen atoms in total. The van der Waals surface area contributed by atoms with Crippen LogP contribution >= 0.6 is 0 Å². The molecular formula is C53H103NO5. The Balaban J connectivity index is 4.36. The smallest absolute Gasteiger partial charge is 0.306 e. The standard InChI is InChI=1S/C53H103NO5/c1-4-7-10-13-16-19-21-23-25-26-28-30-32-34-37-40-43-46-53(58)59-49(44-41-38-35-18-15-12-9-6-3)47-52(57)54-50(48-55)51(56)45-42-39-36-33-31-29-27-24-22-20-17-14-11-8-5-2/h23,25,49-51,55-56H,4-22,24,26-48H2,1-3H3,(H,54,57)/b25-23+. The second-order valence-corrected chi connectivity index (χ2v) is 18.3. The Hall–Kier alpha value is -1.40. The molecule has 1 amide bonds. The molecule has 0 aromatic heterocycles. The number of amides is 1. The van der Waals surface area contributed by atoms with Gasteiger partial charge in [-0.2, -0.15) is 0 Å². The third kappa shape index (κ3) is 43.1. The summed E-state index contributed by atoms with van der Waals surface area (Å²) in [5.74, 6) is -0.465. The SMILES string of the molecule is CCCCCCCC/C=C/CCCCCCCCCC(=O)OC(CCCCCCCCCC)CC(=O)NC(CO)C(O)CCCCCCCCCCCCCCCCC. The molecule has 0 aromatic rings. The van der Waals surface area contributed by atoms with Crippen molar-refractivity contribution in [2.75, 3.05) is 6.61 Å². The van der Waals surface area contributed by atoms with E-state index in [1.54, 1.807) is 0 Å². The Morgan fingerprint density at radius 2 is 0.814 bits per heavy atom. The molecule has 0 aliphatic carbocycles. The number of nitrogens with one attached hydrogen (secondary N) is 1. The molecule has 350 valence electrons. The third-order valence-electron chi connectivity index (χ3n) is 12.3. The Kier molecular flexibility index (Phi) is 46.5. The van der Waals surface area contributed by atoms with Crippen LogP contribution in [0.5, 0.6) is 0 Å². The van der Waals surface area contributed by atoms with E-state index in [1.807, 2.05) is 0 Å². The first-order chi connectivity index (χ1) is 29.0. The van der Waals surface area contributed by atoms with Gasteiger partial charge >= 0.3 is 5.97 Å². The summed E-state index contributed by atoms with van der Waals surface area (Å²) in [5, 5.41) is 23.7. The molecule has 0 spiro atoms. The highest BCUT2D eigenvalue weighted by Crippen LogP contribution is 2.18. The molecule has 0 rings (SSSR count). The van der Waals surface area contributed by atoms with Crippen molar-refractivity contribution in [3.05, 3.63) is 12.2 Å². The molecule has 59 heavy (non-hydrogen) atoms. The van der Waals surface area contributed by atoms with Gasteiger partial charge in [0, 0.05) is 6.42 Å². The monoisotopic (exact) mass is 834 g/mol. The van der Waals surface area contributed by atoms with Crippen LogP contribution in [0.3, 0.4) is 0 Å². The molecule has 0 heterocycles. The Bertz CT molecular complexity index is 893. The Morgan fingerprint density at radius 3 is 1.20 bits per heavy atom. The fraction of sp³-hybridized carbons (Fsp3) is 0.925. The van der Waals surface area contributed by atoms with E-state index in [2.05, 4.69) is 38.2 Å². The van der Waals surface area contributed by atoms with Gasteiger partial charge in [0.15, 0.2) is 0 Å². The van der Waals surface area contributed by atoms with Gasteiger partial charge in [0.1, 0.15) is 6.10 Å². The summed E-state index contributed by atoms with van der Waals surface area (Å²) in [4.78, 5) is 26.1. The van der Waals surface area contributed by atoms with Gasteiger partial charge in [0.25, 0.3) is 0 Å². The number of ether oxygens (including phenoxy) is 1. The van der Waals surface area contributed by atoms with Gasteiger partial charge in [0.2, 0.25) is 5.91 Å². The number of carbonyl (C=O) groups is 2. The van der Waals surface area contributed by atoms with E-state index in [9.17, 15) is 19.8 Å². The highest BCUT2D eigenvalue weighted by Gasteiger charge is 2.24. The van der Waals surface area contributed by atoms with Crippen molar-refractivity contribution in [3.8, 4) is 0 Å². The predicted octanol–water partition coefficient (Wildman–Crippen LogP) is 15.7. The van der Waals surface area contributed by atoms with Crippen LogP contribution < -0.4 is 5.32 Å². The molecule has 0 saturated carbocycles. The maximum absolute atomic E-state index is 13.2. The van der Waals surface area contributed by atoms with Gasteiger partial charge in [-0.05, 0) is 51.4 Å². The minimum atomic E-state index is -0.781. The second-order valence-electron chi connectivity index (χ2n) is 18.3. The summed E-state index contributed by atoms with van der Waals surface area (Å²) in [6, 6.07) is -0.694. The highest BCUT2D eigenvalue weighted by atomic mass is 16.5. The summed E-state index contributed by atoms with van der Waals surface area (Å²) < 4.78 is 5.91. The fourth-order valence-corrected chi connectivity index (χ4v) is 8.31. The van der Waals surface area contributed by atoms with E-state index in [4.69, 9.17) is 4.74 Å². The minimum Gasteiger partial charge on any atom is -0.462 e. The topological polar surface area (TPSA) is 95.9 Å². The average molecular weight is 834 g/mol. The molecule has 3 N–H and O–H groups in total. The molecule has 0 radical (unpaired) electrons. The van der Waals surface area contributed by atoms with Gasteiger partial charge in [-0.25, -0.2) is 0 Å². The number of aliphatic hydroxyl groups excluding tert-OH is 2. The molecule has 0 saturated heterocycles. The van der Waals surface area contributed by atoms with Crippen molar-refractivity contribution in [3.63, 3.8) is 0 Å². The largest absolute Gasteiger partial charge is 0.462 e. The zero-order valence-electron chi connectivity index (χ0n) is 39.9. The lowest BCUT2D eigenvalue weighted by Gasteiger charge is -2.24.